The Bertz CT molecular complexity index is 773. The number of pyridine rings is 1. The zero-order chi connectivity index (χ0) is 17.9. The highest BCUT2D eigenvalue weighted by Crippen LogP contribution is 2.18. The van der Waals surface area contributed by atoms with Crippen LogP contribution in [0.5, 0.6) is 5.75 Å². The molecule has 2 amide bonds. The summed E-state index contributed by atoms with van der Waals surface area (Å²) in [6.45, 7) is -0.181. The molecule has 0 atom stereocenters. The van der Waals surface area contributed by atoms with Gasteiger partial charge < -0.3 is 10.1 Å². The van der Waals surface area contributed by atoms with Gasteiger partial charge in [0.05, 0.1) is 19.9 Å². The number of carbonyl (C=O) groups excluding carboxylic acids is 2. The number of aromatic nitrogens is 1. The summed E-state index contributed by atoms with van der Waals surface area (Å²) in [6.07, 6.45) is 7.68. The second kappa shape index (κ2) is 9.61. The normalized spacial score (nSPS) is 10.8. The average Bonchev–Trinajstić information content (AvgIpc) is 2.65. The molecule has 0 bridgehead atoms. The lowest BCUT2D eigenvalue weighted by molar-refractivity contribution is -0.123. The number of amides is 2. The molecular weight excluding hydrogens is 320 g/mol. The summed E-state index contributed by atoms with van der Waals surface area (Å²) in [5.41, 5.74) is 3.85. The third-order valence-electron chi connectivity index (χ3n) is 3.06. The minimum atomic E-state index is -0.431. The first-order valence-electron chi connectivity index (χ1n) is 7.50. The largest absolute Gasteiger partial charge is 0.496 e. The molecule has 25 heavy (non-hydrogen) atoms. The number of methoxy groups -OCH3 is 1. The Labute approximate surface area is 145 Å². The molecule has 2 rings (SSSR count). The maximum Gasteiger partial charge on any atom is 0.259 e. The molecule has 128 valence electrons. The molecule has 0 radical (unpaired) electrons. The van der Waals surface area contributed by atoms with Crippen molar-refractivity contribution in [3.05, 3.63) is 66.0 Å². The number of hydrogen-bond donors (Lipinski definition) is 2. The first-order chi connectivity index (χ1) is 12.2. The lowest BCUT2D eigenvalue weighted by Gasteiger charge is -2.03. The monoisotopic (exact) mass is 338 g/mol. The lowest BCUT2D eigenvalue weighted by atomic mass is 10.2. The molecule has 0 unspecified atom stereocenters. The molecule has 1 heterocycles. The molecule has 7 nitrogen and oxygen atoms in total. The lowest BCUT2D eigenvalue weighted by Crippen LogP contribution is -2.34. The van der Waals surface area contributed by atoms with Crippen molar-refractivity contribution >= 4 is 24.1 Å². The predicted octanol–water partition coefficient (Wildman–Crippen LogP) is 1.37. The Kier molecular flexibility index (Phi) is 6.87. The molecule has 2 N–H and O–H groups in total. The van der Waals surface area contributed by atoms with Crippen LogP contribution in [0.2, 0.25) is 0 Å². The van der Waals surface area contributed by atoms with Gasteiger partial charge in [-0.3, -0.25) is 14.6 Å². The summed E-state index contributed by atoms with van der Waals surface area (Å²) in [4.78, 5) is 27.3. The second-order valence-corrected chi connectivity index (χ2v) is 4.87. The van der Waals surface area contributed by atoms with Crippen molar-refractivity contribution in [1.29, 1.82) is 0 Å². The number of ether oxygens (including phenoxy) is 1. The van der Waals surface area contributed by atoms with Crippen LogP contribution in [0.25, 0.3) is 6.08 Å². The summed E-state index contributed by atoms with van der Waals surface area (Å²) in [5.74, 6) is -0.162. The highest BCUT2D eigenvalue weighted by Gasteiger charge is 2.02. The minimum absolute atomic E-state index is 0.181. The summed E-state index contributed by atoms with van der Waals surface area (Å²) in [5, 5.41) is 6.26. The third kappa shape index (κ3) is 6.26. The fraction of sp³-hybridized carbons (Fsp3) is 0.111. The van der Waals surface area contributed by atoms with Gasteiger partial charge in [0.2, 0.25) is 5.91 Å². The number of carbonyl (C=O) groups is 2. The van der Waals surface area contributed by atoms with Crippen LogP contribution in [-0.2, 0) is 9.59 Å². The van der Waals surface area contributed by atoms with E-state index in [-0.39, 0.29) is 6.54 Å². The number of nitrogens with zero attached hydrogens (tertiary/aromatic N) is 2. The van der Waals surface area contributed by atoms with E-state index in [0.29, 0.717) is 5.75 Å². The van der Waals surface area contributed by atoms with Gasteiger partial charge in [0.15, 0.2) is 0 Å². The van der Waals surface area contributed by atoms with Crippen molar-refractivity contribution in [1.82, 2.24) is 15.7 Å². The van der Waals surface area contributed by atoms with Gasteiger partial charge in [0, 0.05) is 29.6 Å². The number of para-hydroxylation sites is 1. The molecule has 0 aliphatic heterocycles. The molecule has 7 heteroatoms. The van der Waals surface area contributed by atoms with Crippen molar-refractivity contribution in [3.8, 4) is 5.75 Å². The highest BCUT2D eigenvalue weighted by molar-refractivity contribution is 5.94. The molecule has 1 aromatic carbocycles. The van der Waals surface area contributed by atoms with Gasteiger partial charge in [0.1, 0.15) is 5.75 Å². The molecule has 0 fully saturated rings. The SMILES string of the molecule is COc1ccccc1/C=C/C(=O)NCC(=O)N/N=C\c1cccnc1. The molecule has 0 aliphatic carbocycles. The van der Waals surface area contributed by atoms with Crippen molar-refractivity contribution in [2.75, 3.05) is 13.7 Å². The Morgan fingerprint density at radius 2 is 2.08 bits per heavy atom. The van der Waals surface area contributed by atoms with Crippen molar-refractivity contribution in [2.45, 2.75) is 0 Å². The zero-order valence-electron chi connectivity index (χ0n) is 13.7. The van der Waals surface area contributed by atoms with E-state index >= 15 is 0 Å². The molecular formula is C18H18N4O3. The van der Waals surface area contributed by atoms with Crippen LogP contribution in [0, 0.1) is 0 Å². The summed E-state index contributed by atoms with van der Waals surface area (Å²) < 4.78 is 5.19. The zero-order valence-corrected chi connectivity index (χ0v) is 13.7. The van der Waals surface area contributed by atoms with E-state index in [0.717, 1.165) is 11.1 Å². The minimum Gasteiger partial charge on any atom is -0.496 e. The van der Waals surface area contributed by atoms with E-state index in [2.05, 4.69) is 20.8 Å². The maximum atomic E-state index is 11.8. The van der Waals surface area contributed by atoms with E-state index in [1.807, 2.05) is 18.2 Å². The highest BCUT2D eigenvalue weighted by atomic mass is 16.5. The number of hydrogen-bond acceptors (Lipinski definition) is 5. The number of hydrazone groups is 1. The van der Waals surface area contributed by atoms with E-state index in [1.165, 1.54) is 12.3 Å². The van der Waals surface area contributed by atoms with Gasteiger partial charge in [-0.15, -0.1) is 0 Å². The Hall–Kier alpha value is -3.48. The van der Waals surface area contributed by atoms with Crippen LogP contribution in [0.15, 0.2) is 60.0 Å². The van der Waals surface area contributed by atoms with Crippen LogP contribution in [-0.4, -0.2) is 36.7 Å². The molecule has 1 aromatic heterocycles. The third-order valence-corrected chi connectivity index (χ3v) is 3.06. The van der Waals surface area contributed by atoms with Crippen LogP contribution >= 0.6 is 0 Å². The van der Waals surface area contributed by atoms with Gasteiger partial charge in [-0.05, 0) is 18.2 Å². The van der Waals surface area contributed by atoms with Crippen LogP contribution in [0.3, 0.4) is 0 Å². The molecule has 0 aliphatic rings. The molecule has 0 saturated heterocycles. The van der Waals surface area contributed by atoms with Gasteiger partial charge in [-0.25, -0.2) is 5.43 Å². The second-order valence-electron chi connectivity index (χ2n) is 4.87. The van der Waals surface area contributed by atoms with Crippen LogP contribution < -0.4 is 15.5 Å². The molecule has 0 spiro atoms. The summed E-state index contributed by atoms with van der Waals surface area (Å²) in [7, 11) is 1.56. The maximum absolute atomic E-state index is 11.8. The number of benzene rings is 1. The summed E-state index contributed by atoms with van der Waals surface area (Å²) in [6, 6.07) is 10.9. The van der Waals surface area contributed by atoms with Crippen molar-refractivity contribution in [3.63, 3.8) is 0 Å². The first kappa shape index (κ1) is 17.9. The van der Waals surface area contributed by atoms with Gasteiger partial charge >= 0.3 is 0 Å². The molecule has 0 saturated carbocycles. The van der Waals surface area contributed by atoms with Crippen LogP contribution in [0.4, 0.5) is 0 Å². The fourth-order valence-corrected chi connectivity index (χ4v) is 1.87. The quantitative estimate of drug-likeness (QED) is 0.453. The predicted molar refractivity (Wildman–Crippen MR) is 95.0 cm³/mol. The first-order valence-corrected chi connectivity index (χ1v) is 7.50. The summed E-state index contributed by atoms with van der Waals surface area (Å²) >= 11 is 0. The van der Waals surface area contributed by atoms with Crippen molar-refractivity contribution in [2.24, 2.45) is 5.10 Å². The van der Waals surface area contributed by atoms with Gasteiger partial charge in [0.25, 0.3) is 5.91 Å². The Morgan fingerprint density at radius 1 is 1.24 bits per heavy atom. The smallest absolute Gasteiger partial charge is 0.259 e. The fourth-order valence-electron chi connectivity index (χ4n) is 1.87. The Morgan fingerprint density at radius 3 is 2.84 bits per heavy atom. The van der Waals surface area contributed by atoms with E-state index in [1.54, 1.807) is 43.8 Å². The van der Waals surface area contributed by atoms with Gasteiger partial charge in [-0.2, -0.15) is 5.10 Å². The van der Waals surface area contributed by atoms with Crippen molar-refractivity contribution < 1.29 is 14.3 Å². The van der Waals surface area contributed by atoms with Gasteiger partial charge in [-0.1, -0.05) is 24.3 Å². The standard InChI is InChI=1S/C18H18N4O3/c1-25-16-7-3-2-6-15(16)8-9-17(23)20-13-18(24)22-21-12-14-5-4-10-19-11-14/h2-12H,13H2,1H3,(H,20,23)(H,22,24)/b9-8+,21-12-. The number of nitrogens with one attached hydrogen (secondary N) is 2. The van der Waals surface area contributed by atoms with E-state index < -0.39 is 11.8 Å². The number of rotatable bonds is 7. The van der Waals surface area contributed by atoms with E-state index in [4.69, 9.17) is 4.74 Å². The molecule has 2 aromatic rings. The van der Waals surface area contributed by atoms with Crippen LogP contribution in [0.1, 0.15) is 11.1 Å². The van der Waals surface area contributed by atoms with E-state index in [9.17, 15) is 9.59 Å². The average molecular weight is 338 g/mol. The Balaban J connectivity index is 1.76. The topological polar surface area (TPSA) is 92.7 Å².